The number of hydrogen-bond donors (Lipinski definition) is 0. The van der Waals surface area contributed by atoms with E-state index in [-0.39, 0.29) is 39.3 Å². The van der Waals surface area contributed by atoms with Gasteiger partial charge in [0, 0.05) is 11.6 Å². The Morgan fingerprint density at radius 1 is 0.767 bits per heavy atom. The van der Waals surface area contributed by atoms with Crippen molar-refractivity contribution in [3.63, 3.8) is 0 Å². The maximum atomic E-state index is 12.9. The molecular weight excluding hydrogens is 560 g/mol. The number of anilines is 1. The predicted octanol–water partition coefficient (Wildman–Crippen LogP) is 4.66. The molecule has 12 nitrogen and oxygen atoms in total. The van der Waals surface area contributed by atoms with Gasteiger partial charge in [-0.3, -0.25) is 24.5 Å². The fraction of sp³-hybridized carbons (Fsp3) is 0.0645. The Morgan fingerprint density at radius 3 is 2.12 bits per heavy atom. The Labute approximate surface area is 243 Å². The van der Waals surface area contributed by atoms with E-state index < -0.39 is 46.8 Å². The second kappa shape index (κ2) is 11.7. The molecular formula is C31H20N2O10. The molecule has 43 heavy (non-hydrogen) atoms. The highest BCUT2D eigenvalue weighted by Crippen LogP contribution is 2.34. The third kappa shape index (κ3) is 5.70. The van der Waals surface area contributed by atoms with Crippen LogP contribution in [0.15, 0.2) is 91.0 Å². The van der Waals surface area contributed by atoms with Crippen molar-refractivity contribution in [1.82, 2.24) is 0 Å². The largest absolute Gasteiger partial charge is 0.497 e. The van der Waals surface area contributed by atoms with Crippen molar-refractivity contribution in [2.45, 2.75) is 0 Å². The summed E-state index contributed by atoms with van der Waals surface area (Å²) in [6.07, 6.45) is 0. The minimum absolute atomic E-state index is 0.0407. The zero-order valence-corrected chi connectivity index (χ0v) is 22.3. The zero-order chi connectivity index (χ0) is 30.7. The summed E-state index contributed by atoms with van der Waals surface area (Å²) in [5.74, 6) is -2.83. The molecule has 0 aliphatic carbocycles. The van der Waals surface area contributed by atoms with Crippen LogP contribution in [0.3, 0.4) is 0 Å². The van der Waals surface area contributed by atoms with Gasteiger partial charge in [-0.15, -0.1) is 0 Å². The van der Waals surface area contributed by atoms with Gasteiger partial charge in [-0.1, -0.05) is 12.1 Å². The summed E-state index contributed by atoms with van der Waals surface area (Å²) in [5, 5.41) is 11.3. The molecule has 0 spiro atoms. The average molecular weight is 581 g/mol. The van der Waals surface area contributed by atoms with Gasteiger partial charge in [0.1, 0.15) is 17.1 Å². The number of ether oxygens (including phenoxy) is 3. The van der Waals surface area contributed by atoms with E-state index in [9.17, 15) is 34.1 Å². The first kappa shape index (κ1) is 28.4. The van der Waals surface area contributed by atoms with Crippen LogP contribution in [-0.4, -0.2) is 48.2 Å². The summed E-state index contributed by atoms with van der Waals surface area (Å²) in [4.78, 5) is 74.5. The number of ketones is 1. The molecule has 0 saturated heterocycles. The van der Waals surface area contributed by atoms with Crippen LogP contribution in [0.25, 0.3) is 0 Å². The van der Waals surface area contributed by atoms with E-state index in [0.29, 0.717) is 5.75 Å². The SMILES string of the molecule is COc1cccc(C(=O)Oc2ccc(C(=O)COC(=O)c3ccc(N4C(=O)c5cccc([N+](=O)[O-])c5C4=O)cc3)cc2)c1. The number of carbonyl (C=O) groups excluding carboxylic acids is 5. The van der Waals surface area contributed by atoms with Crippen molar-refractivity contribution in [3.05, 3.63) is 129 Å². The van der Waals surface area contributed by atoms with Crippen molar-refractivity contribution < 1.29 is 43.1 Å². The molecule has 0 bridgehead atoms. The van der Waals surface area contributed by atoms with Crippen LogP contribution in [0.1, 0.15) is 51.8 Å². The third-order valence-corrected chi connectivity index (χ3v) is 6.48. The molecule has 1 aliphatic rings. The van der Waals surface area contributed by atoms with Gasteiger partial charge < -0.3 is 14.2 Å². The van der Waals surface area contributed by atoms with Crippen LogP contribution in [0, 0.1) is 10.1 Å². The number of carbonyl (C=O) groups is 5. The summed E-state index contributed by atoms with van der Waals surface area (Å²) in [7, 11) is 1.48. The molecule has 0 saturated carbocycles. The standard InChI is InChI=1S/C31H20N2O10/c1-41-23-5-2-4-20(16-23)31(38)43-22-14-10-18(11-15-22)26(34)17-42-30(37)19-8-12-21(13-9-19)32-28(35)24-6-3-7-25(33(39)40)27(24)29(32)36/h2-16H,17H2,1H3. The molecule has 1 aliphatic heterocycles. The number of esters is 2. The minimum atomic E-state index is -0.852. The highest BCUT2D eigenvalue weighted by atomic mass is 16.6. The summed E-state index contributed by atoms with van der Waals surface area (Å²) in [6.45, 7) is -0.578. The molecule has 4 aromatic rings. The Morgan fingerprint density at radius 2 is 1.44 bits per heavy atom. The fourth-order valence-corrected chi connectivity index (χ4v) is 4.32. The maximum Gasteiger partial charge on any atom is 0.343 e. The van der Waals surface area contributed by atoms with E-state index in [4.69, 9.17) is 14.2 Å². The number of nitro benzene ring substituents is 1. The molecule has 0 aromatic heterocycles. The maximum absolute atomic E-state index is 12.9. The Hall–Kier alpha value is -6.17. The quantitative estimate of drug-likeness (QED) is 0.0680. The summed E-state index contributed by atoms with van der Waals surface area (Å²) in [6, 6.07) is 21.2. The second-order valence-electron chi connectivity index (χ2n) is 9.09. The van der Waals surface area contributed by atoms with Crippen molar-refractivity contribution in [1.29, 1.82) is 0 Å². The van der Waals surface area contributed by atoms with Crippen LogP contribution in [0.4, 0.5) is 11.4 Å². The minimum Gasteiger partial charge on any atom is -0.497 e. The molecule has 0 unspecified atom stereocenters. The van der Waals surface area contributed by atoms with E-state index >= 15 is 0 Å². The highest BCUT2D eigenvalue weighted by Gasteiger charge is 2.41. The highest BCUT2D eigenvalue weighted by molar-refractivity contribution is 6.35. The van der Waals surface area contributed by atoms with Crippen LogP contribution in [0.2, 0.25) is 0 Å². The van der Waals surface area contributed by atoms with Crippen molar-refractivity contribution in [3.8, 4) is 11.5 Å². The Bertz CT molecular complexity index is 1800. The lowest BCUT2D eigenvalue weighted by Gasteiger charge is -2.14. The van der Waals surface area contributed by atoms with Gasteiger partial charge in [0.2, 0.25) is 0 Å². The van der Waals surface area contributed by atoms with Crippen LogP contribution in [-0.2, 0) is 4.74 Å². The van der Waals surface area contributed by atoms with Gasteiger partial charge in [0.05, 0.1) is 34.4 Å². The molecule has 5 rings (SSSR count). The van der Waals surface area contributed by atoms with Crippen LogP contribution in [0.5, 0.6) is 11.5 Å². The van der Waals surface area contributed by atoms with Crippen LogP contribution >= 0.6 is 0 Å². The molecule has 0 atom stereocenters. The number of rotatable bonds is 9. The first-order chi connectivity index (χ1) is 20.7. The van der Waals surface area contributed by atoms with E-state index in [0.717, 1.165) is 11.0 Å². The van der Waals surface area contributed by atoms with Crippen LogP contribution < -0.4 is 14.4 Å². The second-order valence-corrected chi connectivity index (χ2v) is 9.09. The topological polar surface area (TPSA) is 159 Å². The lowest BCUT2D eigenvalue weighted by molar-refractivity contribution is -0.385. The number of fused-ring (bicyclic) bond motifs is 1. The molecule has 12 heteroatoms. The molecule has 1 heterocycles. The van der Waals surface area contributed by atoms with Crippen molar-refractivity contribution in [2.24, 2.45) is 0 Å². The van der Waals surface area contributed by atoms with E-state index in [2.05, 4.69) is 0 Å². The number of amides is 2. The Kier molecular flexibility index (Phi) is 7.75. The van der Waals surface area contributed by atoms with Crippen molar-refractivity contribution >= 4 is 40.9 Å². The van der Waals surface area contributed by atoms with Crippen molar-refractivity contribution in [2.75, 3.05) is 18.6 Å². The third-order valence-electron chi connectivity index (χ3n) is 6.48. The molecule has 0 N–H and O–H groups in total. The number of Topliss-reactive ketones (excluding diaryl/α,β-unsaturated/α-hetero) is 1. The number of benzene rings is 4. The number of imide groups is 1. The number of methoxy groups -OCH3 is 1. The average Bonchev–Trinajstić information content (AvgIpc) is 3.29. The first-order valence-corrected chi connectivity index (χ1v) is 12.6. The van der Waals surface area contributed by atoms with Gasteiger partial charge in [-0.25, -0.2) is 14.5 Å². The van der Waals surface area contributed by atoms with Gasteiger partial charge in [0.15, 0.2) is 12.4 Å². The van der Waals surface area contributed by atoms with Gasteiger partial charge in [-0.2, -0.15) is 0 Å². The molecule has 214 valence electrons. The summed E-state index contributed by atoms with van der Waals surface area (Å²) < 4.78 is 15.5. The first-order valence-electron chi connectivity index (χ1n) is 12.6. The van der Waals surface area contributed by atoms with Gasteiger partial charge in [0.25, 0.3) is 17.5 Å². The van der Waals surface area contributed by atoms with Gasteiger partial charge in [-0.05, 0) is 72.8 Å². The molecule has 0 fully saturated rings. The summed E-state index contributed by atoms with van der Waals surface area (Å²) >= 11 is 0. The fourth-order valence-electron chi connectivity index (χ4n) is 4.32. The van der Waals surface area contributed by atoms with E-state index in [1.54, 1.807) is 18.2 Å². The van der Waals surface area contributed by atoms with E-state index in [1.807, 2.05) is 0 Å². The smallest absolute Gasteiger partial charge is 0.343 e. The number of nitro groups is 1. The lowest BCUT2D eigenvalue weighted by atomic mass is 10.1. The Balaban J connectivity index is 1.18. The number of nitrogens with zero attached hydrogens (tertiary/aromatic N) is 2. The number of hydrogen-bond acceptors (Lipinski definition) is 10. The zero-order valence-electron chi connectivity index (χ0n) is 22.3. The molecule has 4 aromatic carbocycles. The molecule has 2 amide bonds. The lowest BCUT2D eigenvalue weighted by Crippen LogP contribution is -2.29. The predicted molar refractivity (Wildman–Crippen MR) is 150 cm³/mol. The summed E-state index contributed by atoms with van der Waals surface area (Å²) in [5.41, 5.74) is -0.241. The monoisotopic (exact) mass is 580 g/mol. The van der Waals surface area contributed by atoms with E-state index in [1.165, 1.54) is 73.8 Å². The van der Waals surface area contributed by atoms with Gasteiger partial charge >= 0.3 is 11.9 Å². The molecule has 0 radical (unpaired) electrons. The normalized spacial score (nSPS) is 12.0.